The molecule has 0 saturated carbocycles. The molecule has 0 saturated heterocycles. The van der Waals surface area contributed by atoms with Gasteiger partial charge in [-0.15, -0.1) is 0 Å². The van der Waals surface area contributed by atoms with Crippen molar-refractivity contribution in [2.75, 3.05) is 11.9 Å². The van der Waals surface area contributed by atoms with Gasteiger partial charge in [0.15, 0.2) is 6.61 Å². The molecule has 1 N–H and O–H groups in total. The van der Waals surface area contributed by atoms with E-state index < -0.39 is 11.9 Å². The number of pyridine rings is 1. The van der Waals surface area contributed by atoms with E-state index in [0.717, 1.165) is 12.0 Å². The Morgan fingerprint density at radius 3 is 2.88 bits per heavy atom. The van der Waals surface area contributed by atoms with E-state index in [1.54, 1.807) is 12.3 Å². The molecule has 16 heavy (non-hydrogen) atoms. The first kappa shape index (κ1) is 12.2. The van der Waals surface area contributed by atoms with Crippen molar-refractivity contribution in [1.82, 2.24) is 4.98 Å². The minimum atomic E-state index is -0.481. The van der Waals surface area contributed by atoms with E-state index in [2.05, 4.69) is 15.0 Å². The summed E-state index contributed by atoms with van der Waals surface area (Å²) in [6, 6.07) is 3.66. The van der Waals surface area contributed by atoms with Gasteiger partial charge in [0, 0.05) is 13.1 Å². The van der Waals surface area contributed by atoms with E-state index in [1.165, 1.54) is 6.92 Å². The van der Waals surface area contributed by atoms with Gasteiger partial charge in [-0.25, -0.2) is 4.98 Å². The summed E-state index contributed by atoms with van der Waals surface area (Å²) in [5.74, 6) is -0.405. The number of carbonyl (C=O) groups excluding carboxylic acids is 2. The molecule has 86 valence electrons. The van der Waals surface area contributed by atoms with Crippen LogP contribution in [0.1, 0.15) is 19.4 Å². The lowest BCUT2D eigenvalue weighted by atomic mass is 10.2. The van der Waals surface area contributed by atoms with Crippen LogP contribution in [0.5, 0.6) is 0 Å². The van der Waals surface area contributed by atoms with Crippen molar-refractivity contribution in [3.8, 4) is 0 Å². The monoisotopic (exact) mass is 222 g/mol. The second-order valence-electron chi connectivity index (χ2n) is 3.23. The molecular weight excluding hydrogens is 208 g/mol. The number of nitrogens with one attached hydrogen (secondary N) is 1. The van der Waals surface area contributed by atoms with Gasteiger partial charge in [0.2, 0.25) is 0 Å². The molecule has 5 nitrogen and oxygen atoms in total. The largest absolute Gasteiger partial charge is 0.456 e. The van der Waals surface area contributed by atoms with E-state index in [9.17, 15) is 9.59 Å². The van der Waals surface area contributed by atoms with Crippen molar-refractivity contribution >= 4 is 17.7 Å². The third-order valence-electron chi connectivity index (χ3n) is 1.91. The van der Waals surface area contributed by atoms with Gasteiger partial charge < -0.3 is 10.1 Å². The predicted molar refractivity (Wildman–Crippen MR) is 58.9 cm³/mol. The molecule has 0 spiro atoms. The Kier molecular flexibility index (Phi) is 4.44. The number of esters is 1. The molecule has 1 aromatic rings. The zero-order chi connectivity index (χ0) is 12.0. The van der Waals surface area contributed by atoms with Crippen LogP contribution >= 0.6 is 0 Å². The van der Waals surface area contributed by atoms with Crippen molar-refractivity contribution in [2.45, 2.75) is 20.3 Å². The Balaban J connectivity index is 2.52. The molecule has 1 aromatic heterocycles. The van der Waals surface area contributed by atoms with Crippen molar-refractivity contribution in [1.29, 1.82) is 0 Å². The van der Waals surface area contributed by atoms with Crippen LogP contribution in [0.15, 0.2) is 18.3 Å². The van der Waals surface area contributed by atoms with Crippen LogP contribution in [0.4, 0.5) is 5.82 Å². The molecule has 0 aliphatic carbocycles. The summed E-state index contributed by atoms with van der Waals surface area (Å²) in [5.41, 5.74) is 1.08. The van der Waals surface area contributed by atoms with Crippen LogP contribution in [-0.2, 0) is 20.7 Å². The fourth-order valence-corrected chi connectivity index (χ4v) is 1.11. The zero-order valence-corrected chi connectivity index (χ0v) is 9.32. The molecule has 1 rings (SSSR count). The fraction of sp³-hybridized carbons (Fsp3) is 0.364. The molecule has 5 heteroatoms. The quantitative estimate of drug-likeness (QED) is 0.776. The summed E-state index contributed by atoms with van der Waals surface area (Å²) in [4.78, 5) is 25.8. The Morgan fingerprint density at radius 1 is 1.50 bits per heavy atom. The summed E-state index contributed by atoms with van der Waals surface area (Å²) in [7, 11) is 0. The summed E-state index contributed by atoms with van der Waals surface area (Å²) in [6.45, 7) is 2.98. The second-order valence-corrected chi connectivity index (χ2v) is 3.23. The van der Waals surface area contributed by atoms with Crippen LogP contribution in [0.3, 0.4) is 0 Å². The highest BCUT2D eigenvalue weighted by atomic mass is 16.5. The highest BCUT2D eigenvalue weighted by Crippen LogP contribution is 2.06. The highest BCUT2D eigenvalue weighted by Gasteiger charge is 2.05. The van der Waals surface area contributed by atoms with Crippen molar-refractivity contribution < 1.29 is 14.3 Å². The van der Waals surface area contributed by atoms with Gasteiger partial charge in [0.1, 0.15) is 5.82 Å². The predicted octanol–water partition coefficient (Wildman–Crippen LogP) is 1.15. The van der Waals surface area contributed by atoms with Gasteiger partial charge in [0.05, 0.1) is 0 Å². The molecule has 1 amide bonds. The first-order valence-electron chi connectivity index (χ1n) is 5.00. The van der Waals surface area contributed by atoms with E-state index in [1.807, 2.05) is 13.0 Å². The van der Waals surface area contributed by atoms with Crippen molar-refractivity contribution in [3.05, 3.63) is 23.9 Å². The number of nitrogens with zero attached hydrogens (tertiary/aromatic N) is 1. The first-order chi connectivity index (χ1) is 7.61. The zero-order valence-electron chi connectivity index (χ0n) is 9.32. The number of aryl methyl sites for hydroxylation is 1. The Bertz CT molecular complexity index is 391. The Hall–Kier alpha value is -1.91. The number of hydrogen-bond acceptors (Lipinski definition) is 4. The standard InChI is InChI=1S/C11H14N2O3/c1-3-9-4-5-12-10(6-9)13-11(15)7-16-8(2)14/h4-6H,3,7H2,1-2H3,(H,12,13,15). The second kappa shape index (κ2) is 5.85. The van der Waals surface area contributed by atoms with Crippen molar-refractivity contribution in [3.63, 3.8) is 0 Å². The van der Waals surface area contributed by atoms with Gasteiger partial charge in [-0.3, -0.25) is 9.59 Å². The van der Waals surface area contributed by atoms with Gasteiger partial charge in [0.25, 0.3) is 5.91 Å². The molecule has 0 radical (unpaired) electrons. The molecular formula is C11H14N2O3. The number of anilines is 1. The van der Waals surface area contributed by atoms with E-state index >= 15 is 0 Å². The lowest BCUT2D eigenvalue weighted by Crippen LogP contribution is -2.20. The van der Waals surface area contributed by atoms with Crippen LogP contribution in [0.25, 0.3) is 0 Å². The molecule has 0 bridgehead atoms. The maximum atomic E-state index is 11.3. The van der Waals surface area contributed by atoms with E-state index in [0.29, 0.717) is 5.82 Å². The van der Waals surface area contributed by atoms with E-state index in [-0.39, 0.29) is 6.61 Å². The number of ether oxygens (including phenoxy) is 1. The lowest BCUT2D eigenvalue weighted by molar-refractivity contribution is -0.144. The van der Waals surface area contributed by atoms with Crippen LogP contribution in [-0.4, -0.2) is 23.5 Å². The third kappa shape index (κ3) is 4.08. The Morgan fingerprint density at radius 2 is 2.25 bits per heavy atom. The molecule has 0 aliphatic heterocycles. The summed E-state index contributed by atoms with van der Waals surface area (Å²) in [5, 5.41) is 2.54. The summed E-state index contributed by atoms with van der Waals surface area (Å²) in [6.07, 6.45) is 2.50. The number of amides is 1. The average Bonchev–Trinajstić information content (AvgIpc) is 2.26. The number of hydrogen-bond donors (Lipinski definition) is 1. The average molecular weight is 222 g/mol. The summed E-state index contributed by atoms with van der Waals surface area (Å²) < 4.78 is 4.55. The number of aromatic nitrogens is 1. The van der Waals surface area contributed by atoms with E-state index in [4.69, 9.17) is 0 Å². The molecule has 0 atom stereocenters. The lowest BCUT2D eigenvalue weighted by Gasteiger charge is -2.05. The SMILES string of the molecule is CCc1ccnc(NC(=O)COC(C)=O)c1. The minimum Gasteiger partial charge on any atom is -0.456 e. The number of rotatable bonds is 4. The maximum absolute atomic E-state index is 11.3. The smallest absolute Gasteiger partial charge is 0.303 e. The van der Waals surface area contributed by atoms with Crippen molar-refractivity contribution in [2.24, 2.45) is 0 Å². The topological polar surface area (TPSA) is 68.3 Å². The molecule has 0 unspecified atom stereocenters. The molecule has 0 aromatic carbocycles. The number of carbonyl (C=O) groups is 2. The highest BCUT2D eigenvalue weighted by molar-refractivity contribution is 5.91. The molecule has 0 aliphatic rings. The molecule has 0 fully saturated rings. The molecule has 1 heterocycles. The normalized spacial score (nSPS) is 9.62. The van der Waals surface area contributed by atoms with Gasteiger partial charge >= 0.3 is 5.97 Å². The van der Waals surface area contributed by atoms with Gasteiger partial charge in [-0.1, -0.05) is 6.92 Å². The van der Waals surface area contributed by atoms with Gasteiger partial charge in [-0.2, -0.15) is 0 Å². The Labute approximate surface area is 93.8 Å². The van der Waals surface area contributed by atoms with Crippen LogP contribution in [0, 0.1) is 0 Å². The fourth-order valence-electron chi connectivity index (χ4n) is 1.11. The van der Waals surface area contributed by atoms with Crippen LogP contribution < -0.4 is 5.32 Å². The third-order valence-corrected chi connectivity index (χ3v) is 1.91. The summed E-state index contributed by atoms with van der Waals surface area (Å²) >= 11 is 0. The van der Waals surface area contributed by atoms with Crippen LogP contribution in [0.2, 0.25) is 0 Å². The minimum absolute atomic E-state index is 0.284. The maximum Gasteiger partial charge on any atom is 0.303 e. The van der Waals surface area contributed by atoms with Gasteiger partial charge in [-0.05, 0) is 24.1 Å². The first-order valence-corrected chi connectivity index (χ1v) is 5.00.